The summed E-state index contributed by atoms with van der Waals surface area (Å²) in [5.41, 5.74) is 0. The Labute approximate surface area is 71.8 Å². The van der Waals surface area contributed by atoms with Crippen LogP contribution in [0.1, 0.15) is 40.5 Å². The third-order valence-electron chi connectivity index (χ3n) is 2.35. The van der Waals surface area contributed by atoms with Gasteiger partial charge in [-0.1, -0.05) is 27.7 Å². The Kier molecular flexibility index (Phi) is 5.57. The van der Waals surface area contributed by atoms with Gasteiger partial charge in [-0.3, -0.25) is 0 Å². The molecule has 0 N–H and O–H groups in total. The fourth-order valence-corrected chi connectivity index (χ4v) is 1.78. The molecule has 0 aliphatic carbocycles. The highest BCUT2D eigenvalue weighted by atomic mass is 15.1. The van der Waals surface area contributed by atoms with Crippen LogP contribution < -0.4 is 0 Å². The molecule has 1 fully saturated rings. The van der Waals surface area contributed by atoms with Gasteiger partial charge in [0, 0.05) is 6.04 Å². The normalized spacial score (nSPS) is 25.1. The number of hydrogen-bond acceptors (Lipinski definition) is 1. The van der Waals surface area contributed by atoms with Crippen LogP contribution in [0.5, 0.6) is 0 Å². The first-order valence-corrected chi connectivity index (χ1v) is 4.92. The summed E-state index contributed by atoms with van der Waals surface area (Å²) >= 11 is 0. The molecule has 0 aromatic rings. The second kappa shape index (κ2) is 5.59. The number of likely N-dealkylation sites (tertiary alicyclic amines) is 1. The molecule has 0 unspecified atom stereocenters. The number of rotatable bonds is 1. The molecule has 1 aliphatic rings. The van der Waals surface area contributed by atoms with Gasteiger partial charge in [0.25, 0.3) is 0 Å². The predicted molar refractivity (Wildman–Crippen MR) is 51.8 cm³/mol. The second-order valence-corrected chi connectivity index (χ2v) is 3.43. The first-order valence-electron chi connectivity index (χ1n) is 4.92. The second-order valence-electron chi connectivity index (χ2n) is 3.43. The van der Waals surface area contributed by atoms with Crippen LogP contribution in [0.2, 0.25) is 0 Å². The van der Waals surface area contributed by atoms with Gasteiger partial charge in [-0.05, 0) is 32.4 Å². The molecule has 0 aromatic heterocycles. The molecular weight excluding hydrogens is 134 g/mol. The van der Waals surface area contributed by atoms with Crippen molar-refractivity contribution in [2.45, 2.75) is 46.6 Å². The van der Waals surface area contributed by atoms with Crippen molar-refractivity contribution < 1.29 is 0 Å². The zero-order chi connectivity index (χ0) is 8.85. The number of hydrogen-bond donors (Lipinski definition) is 0. The smallest absolute Gasteiger partial charge is 0.0116 e. The standard InChI is InChI=1S/C8H17N.C2H6/c1-7(2)8-5-4-6-9(8)3;1-2/h7-8H,4-6H2,1-3H3;1-2H3/t8-;/m0./s1. The van der Waals surface area contributed by atoms with Gasteiger partial charge in [0.05, 0.1) is 0 Å². The van der Waals surface area contributed by atoms with E-state index in [1.807, 2.05) is 13.8 Å². The van der Waals surface area contributed by atoms with Crippen molar-refractivity contribution in [2.75, 3.05) is 13.6 Å². The Balaban J connectivity index is 0.000000461. The minimum Gasteiger partial charge on any atom is -0.303 e. The van der Waals surface area contributed by atoms with E-state index in [4.69, 9.17) is 0 Å². The molecule has 1 heteroatoms. The molecule has 1 aliphatic heterocycles. The Bertz CT molecular complexity index is 88.9. The van der Waals surface area contributed by atoms with Crippen LogP contribution >= 0.6 is 0 Å². The fraction of sp³-hybridized carbons (Fsp3) is 1.00. The van der Waals surface area contributed by atoms with Gasteiger partial charge in [-0.2, -0.15) is 0 Å². The zero-order valence-electron chi connectivity index (χ0n) is 8.72. The molecule has 1 atom stereocenters. The molecule has 0 saturated carbocycles. The van der Waals surface area contributed by atoms with Crippen molar-refractivity contribution >= 4 is 0 Å². The fourth-order valence-electron chi connectivity index (χ4n) is 1.78. The number of nitrogens with zero attached hydrogens (tertiary/aromatic N) is 1. The van der Waals surface area contributed by atoms with Crippen LogP contribution in [-0.2, 0) is 0 Å². The molecule has 68 valence electrons. The van der Waals surface area contributed by atoms with Gasteiger partial charge in [0.1, 0.15) is 0 Å². The maximum Gasteiger partial charge on any atom is 0.0116 e. The van der Waals surface area contributed by atoms with Crippen molar-refractivity contribution in [1.29, 1.82) is 0 Å². The average molecular weight is 157 g/mol. The highest BCUT2D eigenvalue weighted by Gasteiger charge is 2.22. The molecule has 1 heterocycles. The zero-order valence-corrected chi connectivity index (χ0v) is 8.72. The highest BCUT2D eigenvalue weighted by molar-refractivity contribution is 4.78. The average Bonchev–Trinajstić information content (AvgIpc) is 2.39. The summed E-state index contributed by atoms with van der Waals surface area (Å²) in [6.07, 6.45) is 2.81. The molecular formula is C10H23N. The van der Waals surface area contributed by atoms with E-state index in [1.165, 1.54) is 19.4 Å². The van der Waals surface area contributed by atoms with Crippen LogP contribution in [-0.4, -0.2) is 24.5 Å². The van der Waals surface area contributed by atoms with Crippen molar-refractivity contribution in [3.05, 3.63) is 0 Å². The maximum atomic E-state index is 2.48. The Morgan fingerprint density at radius 1 is 1.27 bits per heavy atom. The van der Waals surface area contributed by atoms with Gasteiger partial charge in [-0.15, -0.1) is 0 Å². The SMILES string of the molecule is CC.CC(C)[C@@H]1CCCN1C. The van der Waals surface area contributed by atoms with Gasteiger partial charge >= 0.3 is 0 Å². The van der Waals surface area contributed by atoms with Gasteiger partial charge < -0.3 is 4.90 Å². The molecule has 1 nitrogen and oxygen atoms in total. The lowest BCUT2D eigenvalue weighted by Gasteiger charge is -2.22. The summed E-state index contributed by atoms with van der Waals surface area (Å²) in [7, 11) is 2.23. The first-order chi connectivity index (χ1) is 5.22. The molecule has 1 rings (SSSR count). The van der Waals surface area contributed by atoms with Crippen molar-refractivity contribution in [2.24, 2.45) is 5.92 Å². The van der Waals surface area contributed by atoms with Crippen molar-refractivity contribution in [3.63, 3.8) is 0 Å². The Morgan fingerprint density at radius 3 is 2.00 bits per heavy atom. The molecule has 11 heavy (non-hydrogen) atoms. The van der Waals surface area contributed by atoms with E-state index in [9.17, 15) is 0 Å². The van der Waals surface area contributed by atoms with Gasteiger partial charge in [0.15, 0.2) is 0 Å². The lowest BCUT2D eigenvalue weighted by molar-refractivity contribution is 0.250. The minimum atomic E-state index is 0.845. The van der Waals surface area contributed by atoms with Crippen LogP contribution in [0.4, 0.5) is 0 Å². The maximum absolute atomic E-state index is 2.48. The molecule has 0 bridgehead atoms. The largest absolute Gasteiger partial charge is 0.303 e. The summed E-state index contributed by atoms with van der Waals surface area (Å²) < 4.78 is 0. The van der Waals surface area contributed by atoms with Crippen molar-refractivity contribution in [3.8, 4) is 0 Å². The summed E-state index contributed by atoms with van der Waals surface area (Å²) in [6, 6.07) is 0.866. The van der Waals surface area contributed by atoms with Crippen LogP contribution in [0.3, 0.4) is 0 Å². The van der Waals surface area contributed by atoms with E-state index >= 15 is 0 Å². The summed E-state index contributed by atoms with van der Waals surface area (Å²) in [5, 5.41) is 0. The van der Waals surface area contributed by atoms with E-state index in [1.54, 1.807) is 0 Å². The lowest BCUT2D eigenvalue weighted by Crippen LogP contribution is -2.29. The summed E-state index contributed by atoms with van der Waals surface area (Å²) in [6.45, 7) is 9.93. The van der Waals surface area contributed by atoms with Crippen LogP contribution in [0.25, 0.3) is 0 Å². The third-order valence-corrected chi connectivity index (χ3v) is 2.35. The molecule has 1 saturated heterocycles. The van der Waals surface area contributed by atoms with Crippen molar-refractivity contribution in [1.82, 2.24) is 4.90 Å². The Morgan fingerprint density at radius 2 is 1.82 bits per heavy atom. The minimum absolute atomic E-state index is 0.845. The lowest BCUT2D eigenvalue weighted by atomic mass is 10.0. The van der Waals surface area contributed by atoms with Gasteiger partial charge in [-0.25, -0.2) is 0 Å². The summed E-state index contributed by atoms with van der Waals surface area (Å²) in [5.74, 6) is 0.845. The monoisotopic (exact) mass is 157 g/mol. The topological polar surface area (TPSA) is 3.24 Å². The first kappa shape index (κ1) is 11.0. The third kappa shape index (κ3) is 3.24. The summed E-state index contributed by atoms with van der Waals surface area (Å²) in [4.78, 5) is 2.48. The Hall–Kier alpha value is -0.0400. The van der Waals surface area contributed by atoms with E-state index in [0.717, 1.165) is 12.0 Å². The van der Waals surface area contributed by atoms with E-state index in [2.05, 4.69) is 25.8 Å². The highest BCUT2D eigenvalue weighted by Crippen LogP contribution is 2.20. The van der Waals surface area contributed by atoms with Crippen LogP contribution in [0, 0.1) is 5.92 Å². The van der Waals surface area contributed by atoms with E-state index in [-0.39, 0.29) is 0 Å². The molecule has 0 spiro atoms. The van der Waals surface area contributed by atoms with Crippen LogP contribution in [0.15, 0.2) is 0 Å². The predicted octanol–water partition coefficient (Wildman–Crippen LogP) is 2.76. The van der Waals surface area contributed by atoms with Gasteiger partial charge in [0.2, 0.25) is 0 Å². The van der Waals surface area contributed by atoms with E-state index in [0.29, 0.717) is 0 Å². The molecule has 0 amide bonds. The molecule has 0 radical (unpaired) electrons. The molecule has 0 aromatic carbocycles. The van der Waals surface area contributed by atoms with E-state index < -0.39 is 0 Å². The quantitative estimate of drug-likeness (QED) is 0.565.